The van der Waals surface area contributed by atoms with Crippen molar-refractivity contribution in [2.24, 2.45) is 0 Å². The molecule has 0 fully saturated rings. The van der Waals surface area contributed by atoms with E-state index in [0.717, 1.165) is 0 Å². The number of rotatable bonds is 4. The average molecular weight is 217 g/mol. The molecule has 0 bridgehead atoms. The average Bonchev–Trinajstić information content (AvgIpc) is 2.10. The van der Waals surface area contributed by atoms with E-state index in [0.29, 0.717) is 5.02 Å². The number of ether oxygens (including phenoxy) is 1. The molecule has 0 atom stereocenters. The third kappa shape index (κ3) is 3.14. The summed E-state index contributed by atoms with van der Waals surface area (Å²) in [5.41, 5.74) is 0. The van der Waals surface area contributed by atoms with E-state index in [4.69, 9.17) is 26.6 Å². The summed E-state index contributed by atoms with van der Waals surface area (Å²) in [6, 6.07) is 4.24. The molecule has 0 aromatic heterocycles. The van der Waals surface area contributed by atoms with Gasteiger partial charge in [-0.2, -0.15) is 0 Å². The highest BCUT2D eigenvalue weighted by atomic mass is 35.5. The van der Waals surface area contributed by atoms with Crippen LogP contribution in [0, 0.1) is 0 Å². The van der Waals surface area contributed by atoms with E-state index >= 15 is 0 Å². The van der Waals surface area contributed by atoms with Crippen LogP contribution in [0.25, 0.3) is 0 Å². The molecule has 2 N–H and O–H groups in total. The molecule has 0 spiro atoms. The fourth-order valence-electron chi connectivity index (χ4n) is 0.851. The largest absolute Gasteiger partial charge is 0.508 e. The number of carbonyl (C=O) groups is 1. The molecule has 5 heteroatoms. The number of aromatic hydroxyl groups is 1. The second kappa shape index (κ2) is 4.72. The van der Waals surface area contributed by atoms with Crippen molar-refractivity contribution in [3.05, 3.63) is 23.2 Å². The summed E-state index contributed by atoms with van der Waals surface area (Å²) >= 11 is 5.73. The molecule has 0 saturated heterocycles. The van der Waals surface area contributed by atoms with E-state index in [1.165, 1.54) is 18.2 Å². The number of phenolic OH excluding ortho intramolecular Hbond substituents is 1. The van der Waals surface area contributed by atoms with Crippen molar-refractivity contribution in [2.75, 3.05) is 6.61 Å². The molecule has 0 aliphatic heterocycles. The lowest BCUT2D eigenvalue weighted by Gasteiger charge is -2.06. The van der Waals surface area contributed by atoms with E-state index in [2.05, 4.69) is 0 Å². The zero-order chi connectivity index (χ0) is 10.6. The van der Waals surface area contributed by atoms with Gasteiger partial charge in [0.15, 0.2) is 0 Å². The fourth-order valence-corrected chi connectivity index (χ4v) is 1.02. The monoisotopic (exact) mass is 216 g/mol. The minimum Gasteiger partial charge on any atom is -0.508 e. The molecule has 0 amide bonds. The molecule has 1 aromatic rings. The van der Waals surface area contributed by atoms with Gasteiger partial charge in [-0.05, 0) is 12.1 Å². The molecule has 76 valence electrons. The summed E-state index contributed by atoms with van der Waals surface area (Å²) in [4.78, 5) is 10.2. The van der Waals surface area contributed by atoms with Crippen LogP contribution in [0.1, 0.15) is 6.42 Å². The Bertz CT molecular complexity index is 338. The first kappa shape index (κ1) is 10.7. The third-order valence-corrected chi connectivity index (χ3v) is 1.80. The Morgan fingerprint density at radius 2 is 2.21 bits per heavy atom. The van der Waals surface area contributed by atoms with Crippen molar-refractivity contribution in [3.63, 3.8) is 0 Å². The number of hydrogen-bond donors (Lipinski definition) is 2. The first-order valence-corrected chi connectivity index (χ1v) is 4.30. The molecule has 4 nitrogen and oxygen atoms in total. The molecule has 0 heterocycles. The quantitative estimate of drug-likeness (QED) is 0.807. The highest BCUT2D eigenvalue weighted by molar-refractivity contribution is 6.32. The Morgan fingerprint density at radius 3 is 2.86 bits per heavy atom. The number of halogens is 1. The molecule has 0 aliphatic rings. The normalized spacial score (nSPS) is 9.79. The van der Waals surface area contributed by atoms with Gasteiger partial charge in [0, 0.05) is 6.07 Å². The van der Waals surface area contributed by atoms with Crippen LogP contribution in [0.15, 0.2) is 18.2 Å². The molecule has 0 aliphatic carbocycles. The Kier molecular flexibility index (Phi) is 3.59. The number of carboxylic acids is 1. The number of aliphatic carboxylic acids is 1. The molecule has 0 radical (unpaired) electrons. The second-order valence-corrected chi connectivity index (χ2v) is 3.01. The Morgan fingerprint density at radius 1 is 1.50 bits per heavy atom. The van der Waals surface area contributed by atoms with Gasteiger partial charge >= 0.3 is 5.97 Å². The summed E-state index contributed by atoms with van der Waals surface area (Å²) in [5.74, 6) is -0.631. The molecule has 14 heavy (non-hydrogen) atoms. The summed E-state index contributed by atoms with van der Waals surface area (Å²) in [7, 11) is 0. The zero-order valence-corrected chi connectivity index (χ0v) is 7.99. The van der Waals surface area contributed by atoms with Crippen LogP contribution in [-0.4, -0.2) is 22.8 Å². The maximum atomic E-state index is 10.2. The highest BCUT2D eigenvalue weighted by Gasteiger charge is 2.03. The molecule has 1 rings (SSSR count). The SMILES string of the molecule is O=C(O)CCOc1cc(O)ccc1Cl. The number of hydrogen-bond acceptors (Lipinski definition) is 3. The van der Waals surface area contributed by atoms with Crippen molar-refractivity contribution in [3.8, 4) is 11.5 Å². The van der Waals surface area contributed by atoms with Crippen molar-refractivity contribution in [1.82, 2.24) is 0 Å². The van der Waals surface area contributed by atoms with Crippen LogP contribution in [0.2, 0.25) is 5.02 Å². The predicted molar refractivity (Wildman–Crippen MR) is 50.9 cm³/mol. The van der Waals surface area contributed by atoms with Gasteiger partial charge in [-0.25, -0.2) is 0 Å². The Balaban J connectivity index is 2.57. The summed E-state index contributed by atoms with van der Waals surface area (Å²) in [6.45, 7) is 0.0263. The number of carboxylic acid groups (broad SMARTS) is 1. The van der Waals surface area contributed by atoms with Crippen LogP contribution in [0.5, 0.6) is 11.5 Å². The van der Waals surface area contributed by atoms with Gasteiger partial charge < -0.3 is 14.9 Å². The van der Waals surface area contributed by atoms with Gasteiger partial charge in [-0.15, -0.1) is 0 Å². The number of phenols is 1. The van der Waals surface area contributed by atoms with Crippen LogP contribution in [0.4, 0.5) is 0 Å². The topological polar surface area (TPSA) is 66.8 Å². The lowest BCUT2D eigenvalue weighted by atomic mass is 10.3. The van der Waals surface area contributed by atoms with E-state index in [1.54, 1.807) is 0 Å². The van der Waals surface area contributed by atoms with Gasteiger partial charge in [0.25, 0.3) is 0 Å². The van der Waals surface area contributed by atoms with Gasteiger partial charge in [0.2, 0.25) is 0 Å². The van der Waals surface area contributed by atoms with E-state index < -0.39 is 5.97 Å². The van der Waals surface area contributed by atoms with Crippen LogP contribution >= 0.6 is 11.6 Å². The maximum Gasteiger partial charge on any atom is 0.306 e. The third-order valence-electron chi connectivity index (χ3n) is 1.49. The van der Waals surface area contributed by atoms with Crippen LogP contribution in [0.3, 0.4) is 0 Å². The molecule has 0 unspecified atom stereocenters. The minimum atomic E-state index is -0.943. The zero-order valence-electron chi connectivity index (χ0n) is 7.24. The van der Waals surface area contributed by atoms with Crippen molar-refractivity contribution in [1.29, 1.82) is 0 Å². The summed E-state index contributed by atoms with van der Waals surface area (Å²) in [6.07, 6.45) is -0.105. The minimum absolute atomic E-state index is 0.0263. The second-order valence-electron chi connectivity index (χ2n) is 2.61. The molecule has 1 aromatic carbocycles. The number of benzene rings is 1. The summed E-state index contributed by atoms with van der Waals surface area (Å²) in [5, 5.41) is 17.8. The lowest BCUT2D eigenvalue weighted by molar-refractivity contribution is -0.137. The van der Waals surface area contributed by atoms with Gasteiger partial charge in [-0.3, -0.25) is 4.79 Å². The Labute approximate surface area is 85.7 Å². The molecule has 0 saturated carbocycles. The highest BCUT2D eigenvalue weighted by Crippen LogP contribution is 2.28. The smallest absolute Gasteiger partial charge is 0.306 e. The van der Waals surface area contributed by atoms with Crippen molar-refractivity contribution in [2.45, 2.75) is 6.42 Å². The Hall–Kier alpha value is -1.42. The van der Waals surface area contributed by atoms with Crippen molar-refractivity contribution < 1.29 is 19.7 Å². The van der Waals surface area contributed by atoms with Gasteiger partial charge in [0.05, 0.1) is 18.1 Å². The first-order chi connectivity index (χ1) is 6.59. The van der Waals surface area contributed by atoms with E-state index in [1.807, 2.05) is 0 Å². The van der Waals surface area contributed by atoms with Crippen molar-refractivity contribution >= 4 is 17.6 Å². The van der Waals surface area contributed by atoms with Crippen LogP contribution in [-0.2, 0) is 4.79 Å². The molecular formula is C9H9ClO4. The fraction of sp³-hybridized carbons (Fsp3) is 0.222. The standard InChI is InChI=1S/C9H9ClO4/c10-7-2-1-6(11)5-8(7)14-4-3-9(12)13/h1-2,5,11H,3-4H2,(H,12,13). The van der Waals surface area contributed by atoms with E-state index in [9.17, 15) is 4.79 Å². The lowest BCUT2D eigenvalue weighted by Crippen LogP contribution is -2.04. The van der Waals surface area contributed by atoms with Crippen LogP contribution < -0.4 is 4.74 Å². The molecular weight excluding hydrogens is 208 g/mol. The van der Waals surface area contributed by atoms with E-state index in [-0.39, 0.29) is 24.5 Å². The maximum absolute atomic E-state index is 10.2. The summed E-state index contributed by atoms with van der Waals surface area (Å²) < 4.78 is 5.06. The van der Waals surface area contributed by atoms with Gasteiger partial charge in [0.1, 0.15) is 11.5 Å². The first-order valence-electron chi connectivity index (χ1n) is 3.92. The van der Waals surface area contributed by atoms with Gasteiger partial charge in [-0.1, -0.05) is 11.6 Å². The predicted octanol–water partition coefficient (Wildman–Crippen LogP) is 1.90.